The van der Waals surface area contributed by atoms with Crippen LogP contribution in [0.5, 0.6) is 0 Å². The highest BCUT2D eigenvalue weighted by Gasteiger charge is 2.13. The van der Waals surface area contributed by atoms with E-state index >= 15 is 0 Å². The van der Waals surface area contributed by atoms with Gasteiger partial charge < -0.3 is 16.4 Å². The van der Waals surface area contributed by atoms with Crippen LogP contribution in [0.4, 0.5) is 21.7 Å². The number of carbonyl (C=O) groups excluding carboxylic acids is 1. The summed E-state index contributed by atoms with van der Waals surface area (Å²) in [5, 5.41) is 6.93. The Labute approximate surface area is 181 Å². The van der Waals surface area contributed by atoms with E-state index in [1.165, 1.54) is 24.5 Å². The zero-order valence-electron chi connectivity index (χ0n) is 16.1. The molecule has 0 aliphatic rings. The van der Waals surface area contributed by atoms with E-state index < -0.39 is 5.82 Å². The van der Waals surface area contributed by atoms with Crippen molar-refractivity contribution in [3.05, 3.63) is 65.8 Å². The number of hydrogen-bond donors (Lipinski definition) is 3. The maximum atomic E-state index is 14.4. The molecular formula is C21H17ClFN7O. The number of nitrogens with two attached hydrogens (primary N) is 1. The van der Waals surface area contributed by atoms with Gasteiger partial charge in [-0.25, -0.2) is 24.3 Å². The Balaban J connectivity index is 1.74. The van der Waals surface area contributed by atoms with Gasteiger partial charge >= 0.3 is 0 Å². The van der Waals surface area contributed by atoms with E-state index in [2.05, 4.69) is 30.6 Å². The van der Waals surface area contributed by atoms with Crippen LogP contribution in [0.25, 0.3) is 22.3 Å². The number of rotatable bonds is 6. The number of amides is 1. The Morgan fingerprint density at radius 2 is 1.94 bits per heavy atom. The first-order chi connectivity index (χ1) is 15.0. The highest BCUT2D eigenvalue weighted by Crippen LogP contribution is 2.31. The number of nitrogens with one attached hydrogen (secondary N) is 2. The standard InChI is InChI=1S/C21H17ClFN7O/c22-12-3-4-15(23)14(8-12)17-9-16(13-2-1-7-25-21(13)29-17)28-18-10-19(27-11-26-18)30-20(31)5-6-24/h1-4,7-11H,5-6,24H2,(H2,25,26,27,28,29,30,31). The van der Waals surface area contributed by atoms with Crippen LogP contribution in [-0.4, -0.2) is 32.4 Å². The van der Waals surface area contributed by atoms with Crippen molar-refractivity contribution < 1.29 is 9.18 Å². The van der Waals surface area contributed by atoms with E-state index in [4.69, 9.17) is 17.3 Å². The van der Waals surface area contributed by atoms with Gasteiger partial charge in [-0.2, -0.15) is 0 Å². The zero-order chi connectivity index (χ0) is 21.8. The topological polar surface area (TPSA) is 119 Å². The minimum absolute atomic E-state index is 0.183. The van der Waals surface area contributed by atoms with Crippen molar-refractivity contribution in [3.8, 4) is 11.3 Å². The normalized spacial score (nSPS) is 10.8. The summed E-state index contributed by atoms with van der Waals surface area (Å²) in [4.78, 5) is 28.8. The highest BCUT2D eigenvalue weighted by atomic mass is 35.5. The molecule has 4 N–H and O–H groups in total. The van der Waals surface area contributed by atoms with Gasteiger partial charge in [-0.1, -0.05) is 11.6 Å². The van der Waals surface area contributed by atoms with Crippen molar-refractivity contribution in [3.63, 3.8) is 0 Å². The lowest BCUT2D eigenvalue weighted by molar-refractivity contribution is -0.116. The van der Waals surface area contributed by atoms with Crippen LogP contribution in [-0.2, 0) is 4.79 Å². The Bertz CT molecular complexity index is 1270. The van der Waals surface area contributed by atoms with E-state index in [1.807, 2.05) is 6.07 Å². The van der Waals surface area contributed by atoms with Gasteiger partial charge in [0.05, 0.1) is 11.4 Å². The molecule has 0 saturated heterocycles. The molecule has 0 saturated carbocycles. The number of aromatic nitrogens is 4. The number of carbonyl (C=O) groups is 1. The summed E-state index contributed by atoms with van der Waals surface area (Å²) < 4.78 is 14.4. The third-order valence-electron chi connectivity index (χ3n) is 4.36. The van der Waals surface area contributed by atoms with E-state index in [0.29, 0.717) is 39.1 Å². The second-order valence-electron chi connectivity index (χ2n) is 6.55. The van der Waals surface area contributed by atoms with E-state index in [0.717, 1.165) is 0 Å². The quantitative estimate of drug-likeness (QED) is 0.418. The molecule has 3 heterocycles. The van der Waals surface area contributed by atoms with Crippen molar-refractivity contribution in [1.82, 2.24) is 19.9 Å². The van der Waals surface area contributed by atoms with Crippen molar-refractivity contribution >= 4 is 45.9 Å². The van der Waals surface area contributed by atoms with E-state index in [-0.39, 0.29) is 24.4 Å². The number of benzene rings is 1. The molecule has 156 valence electrons. The third-order valence-corrected chi connectivity index (χ3v) is 4.59. The van der Waals surface area contributed by atoms with Crippen LogP contribution in [0, 0.1) is 5.82 Å². The van der Waals surface area contributed by atoms with Crippen LogP contribution in [0.1, 0.15) is 6.42 Å². The highest BCUT2D eigenvalue weighted by molar-refractivity contribution is 6.30. The van der Waals surface area contributed by atoms with Gasteiger partial charge in [0, 0.05) is 41.2 Å². The average Bonchev–Trinajstić information content (AvgIpc) is 2.76. The smallest absolute Gasteiger partial charge is 0.226 e. The van der Waals surface area contributed by atoms with E-state index in [9.17, 15) is 9.18 Å². The van der Waals surface area contributed by atoms with Gasteiger partial charge in [0.25, 0.3) is 0 Å². The van der Waals surface area contributed by atoms with Crippen molar-refractivity contribution in [2.24, 2.45) is 5.73 Å². The van der Waals surface area contributed by atoms with Crippen LogP contribution in [0.2, 0.25) is 5.02 Å². The van der Waals surface area contributed by atoms with Crippen LogP contribution >= 0.6 is 11.6 Å². The molecule has 1 amide bonds. The molecule has 4 rings (SSSR count). The lowest BCUT2D eigenvalue weighted by Gasteiger charge is -2.12. The van der Waals surface area contributed by atoms with E-state index in [1.54, 1.807) is 24.4 Å². The predicted molar refractivity (Wildman–Crippen MR) is 118 cm³/mol. The third kappa shape index (κ3) is 4.73. The summed E-state index contributed by atoms with van der Waals surface area (Å²) in [6, 6.07) is 11.1. The minimum Gasteiger partial charge on any atom is -0.339 e. The van der Waals surface area contributed by atoms with Crippen LogP contribution < -0.4 is 16.4 Å². The molecule has 8 nitrogen and oxygen atoms in total. The average molecular weight is 438 g/mol. The molecule has 10 heteroatoms. The Morgan fingerprint density at radius 1 is 1.10 bits per heavy atom. The SMILES string of the molecule is NCCC(=O)Nc1cc(Nc2cc(-c3cc(Cl)ccc3F)nc3ncccc23)ncn1. The largest absolute Gasteiger partial charge is 0.339 e. The fourth-order valence-corrected chi connectivity index (χ4v) is 3.13. The first-order valence-electron chi connectivity index (χ1n) is 9.33. The number of pyridine rings is 2. The molecule has 0 unspecified atom stereocenters. The molecule has 3 aromatic heterocycles. The van der Waals surface area contributed by atoms with Gasteiger partial charge in [-0.15, -0.1) is 0 Å². The molecule has 0 atom stereocenters. The summed E-state index contributed by atoms with van der Waals surface area (Å²) >= 11 is 6.05. The monoisotopic (exact) mass is 437 g/mol. The Morgan fingerprint density at radius 3 is 2.77 bits per heavy atom. The minimum atomic E-state index is -0.454. The van der Waals surface area contributed by atoms with Gasteiger partial charge in [0.1, 0.15) is 23.8 Å². The number of nitrogens with zero attached hydrogens (tertiary/aromatic N) is 4. The molecule has 1 aromatic carbocycles. The number of halogens is 2. The van der Waals surface area contributed by atoms with Crippen LogP contribution in [0.15, 0.2) is 55.0 Å². The fourth-order valence-electron chi connectivity index (χ4n) is 2.96. The molecule has 0 aliphatic heterocycles. The molecule has 0 spiro atoms. The lowest BCUT2D eigenvalue weighted by Crippen LogP contribution is -2.17. The first-order valence-corrected chi connectivity index (χ1v) is 9.71. The molecule has 0 bridgehead atoms. The molecule has 0 aliphatic carbocycles. The molecule has 31 heavy (non-hydrogen) atoms. The van der Waals surface area contributed by atoms with Crippen molar-refractivity contribution in [2.45, 2.75) is 6.42 Å². The maximum Gasteiger partial charge on any atom is 0.226 e. The molecule has 0 radical (unpaired) electrons. The zero-order valence-corrected chi connectivity index (χ0v) is 16.9. The fraction of sp³-hybridized carbons (Fsp3) is 0.0952. The summed E-state index contributed by atoms with van der Waals surface area (Å²) in [5.41, 5.74) is 7.03. The van der Waals surface area contributed by atoms with Crippen molar-refractivity contribution in [2.75, 3.05) is 17.2 Å². The van der Waals surface area contributed by atoms with Gasteiger partial charge in [-0.05, 0) is 36.4 Å². The Hall–Kier alpha value is -3.69. The molecular weight excluding hydrogens is 421 g/mol. The van der Waals surface area contributed by atoms with Crippen LogP contribution in [0.3, 0.4) is 0 Å². The second-order valence-corrected chi connectivity index (χ2v) is 6.99. The lowest BCUT2D eigenvalue weighted by atomic mass is 10.1. The van der Waals surface area contributed by atoms with Crippen molar-refractivity contribution in [1.29, 1.82) is 0 Å². The number of fused-ring (bicyclic) bond motifs is 1. The summed E-state index contributed by atoms with van der Waals surface area (Å²) in [6.45, 7) is 0.237. The summed E-state index contributed by atoms with van der Waals surface area (Å²) in [7, 11) is 0. The number of anilines is 3. The summed E-state index contributed by atoms with van der Waals surface area (Å²) in [5.74, 6) is 0.0509. The van der Waals surface area contributed by atoms with Gasteiger partial charge in [0.15, 0.2) is 5.65 Å². The maximum absolute atomic E-state index is 14.4. The predicted octanol–water partition coefficient (Wildman–Crippen LogP) is 3.91. The van der Waals surface area contributed by atoms with Gasteiger partial charge in [0.2, 0.25) is 5.91 Å². The summed E-state index contributed by atoms with van der Waals surface area (Å²) in [6.07, 6.45) is 3.11. The van der Waals surface area contributed by atoms with Gasteiger partial charge in [-0.3, -0.25) is 4.79 Å². The molecule has 0 fully saturated rings. The first kappa shape index (κ1) is 20.6. The Kier molecular flexibility index (Phi) is 5.96. The number of hydrogen-bond acceptors (Lipinski definition) is 7. The second kappa shape index (κ2) is 8.99. The molecule has 4 aromatic rings.